The first-order valence-corrected chi connectivity index (χ1v) is 14.4. The number of hydrogen-bond acceptors (Lipinski definition) is 13. The summed E-state index contributed by atoms with van der Waals surface area (Å²) in [5.41, 5.74) is -0.793. The van der Waals surface area contributed by atoms with E-state index in [2.05, 4.69) is 10.6 Å². The molecule has 0 aliphatic carbocycles. The predicted octanol–water partition coefficient (Wildman–Crippen LogP) is 1.10. The third kappa shape index (κ3) is 7.95. The molecule has 246 valence electrons. The second kappa shape index (κ2) is 12.7. The molecule has 2 unspecified atom stereocenters. The number of rotatable bonds is 10. The van der Waals surface area contributed by atoms with Crippen LogP contribution in [0, 0.1) is 0 Å². The van der Waals surface area contributed by atoms with Crippen LogP contribution < -0.4 is 10.6 Å². The van der Waals surface area contributed by atoms with Crippen molar-refractivity contribution in [2.45, 2.75) is 140 Å². The molecule has 15 nitrogen and oxygen atoms in total. The first kappa shape index (κ1) is 33.8. The van der Waals surface area contributed by atoms with Gasteiger partial charge in [0.1, 0.15) is 42.2 Å². The Morgan fingerprint density at radius 2 is 1.21 bits per heavy atom. The topological polar surface area (TPSA) is 168 Å². The molecule has 0 aromatic rings. The fourth-order valence-electron chi connectivity index (χ4n) is 5.88. The van der Waals surface area contributed by atoms with Crippen molar-refractivity contribution in [3.63, 3.8) is 0 Å². The molecule has 4 aliphatic rings. The zero-order chi connectivity index (χ0) is 31.9. The molecule has 15 heteroatoms. The van der Waals surface area contributed by atoms with Crippen molar-refractivity contribution in [3.05, 3.63) is 0 Å². The standard InChI is InChI=1S/C28H46N2O13/c1-26(2,3)43-25(33)30-13(17-19(35-9)21-23(37-17)41-27(4,5)39-21)11-15(31)29-14(12-16(32)34-8)18-20(36-10)22-24(38-18)42-28(6,7)40-22/h13-14,17-24H,11-12H2,1-10H3,(H,29,31)(H,30,33)/t13?,14?,17-,18+,19+,20+,21-,22-,23-,24-/m1/s1. The summed E-state index contributed by atoms with van der Waals surface area (Å²) in [5, 5.41) is 5.61. The molecular weight excluding hydrogens is 572 g/mol. The molecule has 4 rings (SSSR count). The molecule has 0 radical (unpaired) electrons. The second-order valence-corrected chi connectivity index (χ2v) is 13.0. The van der Waals surface area contributed by atoms with Gasteiger partial charge in [0.15, 0.2) is 24.2 Å². The lowest BCUT2D eigenvalue weighted by Gasteiger charge is -2.33. The Balaban J connectivity index is 1.52. The number of ether oxygens (including phenoxy) is 10. The Bertz CT molecular complexity index is 1030. The van der Waals surface area contributed by atoms with Crippen LogP contribution in [0.3, 0.4) is 0 Å². The molecule has 0 aromatic carbocycles. The van der Waals surface area contributed by atoms with Gasteiger partial charge in [0, 0.05) is 20.6 Å². The summed E-state index contributed by atoms with van der Waals surface area (Å²) in [7, 11) is 4.22. The molecule has 0 saturated carbocycles. The van der Waals surface area contributed by atoms with Crippen molar-refractivity contribution in [2.24, 2.45) is 0 Å². The summed E-state index contributed by atoms with van der Waals surface area (Å²) < 4.78 is 57.6. The molecule has 10 atom stereocenters. The molecule has 4 saturated heterocycles. The molecule has 0 bridgehead atoms. The molecule has 43 heavy (non-hydrogen) atoms. The van der Waals surface area contributed by atoms with Gasteiger partial charge in [-0.15, -0.1) is 0 Å². The molecule has 0 aromatic heterocycles. The van der Waals surface area contributed by atoms with Crippen LogP contribution in [0.1, 0.15) is 61.3 Å². The first-order chi connectivity index (χ1) is 20.0. The van der Waals surface area contributed by atoms with Crippen LogP contribution in [0.15, 0.2) is 0 Å². The summed E-state index contributed by atoms with van der Waals surface area (Å²) in [6.07, 6.45) is -6.96. The van der Waals surface area contributed by atoms with E-state index in [0.29, 0.717) is 0 Å². The van der Waals surface area contributed by atoms with Crippen LogP contribution in [0.5, 0.6) is 0 Å². The van der Waals surface area contributed by atoms with Crippen molar-refractivity contribution in [3.8, 4) is 0 Å². The highest BCUT2D eigenvalue weighted by Crippen LogP contribution is 2.41. The van der Waals surface area contributed by atoms with E-state index in [9.17, 15) is 14.4 Å². The lowest BCUT2D eigenvalue weighted by atomic mass is 9.98. The number of esters is 1. The number of carbonyl (C=O) groups is 3. The number of carbonyl (C=O) groups excluding carboxylic acids is 3. The van der Waals surface area contributed by atoms with E-state index in [1.165, 1.54) is 21.3 Å². The van der Waals surface area contributed by atoms with Gasteiger partial charge in [-0.2, -0.15) is 0 Å². The molecule has 4 aliphatic heterocycles. The SMILES string of the molecule is COC(=O)CC(NC(=O)CC(NC(=O)OC(C)(C)C)[C@H]1O[C@@H]2OC(C)(C)O[C@@H]2[C@H]1OC)[C@@H]1O[C@@H]2OC(C)(C)O[C@@H]2[C@H]1OC. The quantitative estimate of drug-likeness (QED) is 0.334. The minimum atomic E-state index is -0.936. The lowest BCUT2D eigenvalue weighted by Crippen LogP contribution is -2.55. The summed E-state index contributed by atoms with van der Waals surface area (Å²) in [6.45, 7) is 12.2. The number of methoxy groups -OCH3 is 3. The fourth-order valence-corrected chi connectivity index (χ4v) is 5.88. The van der Waals surface area contributed by atoms with E-state index in [1.807, 2.05) is 0 Å². The minimum absolute atomic E-state index is 0.221. The number of fused-ring (bicyclic) bond motifs is 2. The van der Waals surface area contributed by atoms with Crippen molar-refractivity contribution in [2.75, 3.05) is 21.3 Å². The number of amides is 2. The van der Waals surface area contributed by atoms with Crippen molar-refractivity contribution in [1.82, 2.24) is 10.6 Å². The molecular formula is C28H46N2O13. The lowest BCUT2D eigenvalue weighted by molar-refractivity contribution is -0.220. The Labute approximate surface area is 251 Å². The number of nitrogens with one attached hydrogen (secondary N) is 2. The molecule has 4 heterocycles. The van der Waals surface area contributed by atoms with Crippen LogP contribution in [0.25, 0.3) is 0 Å². The van der Waals surface area contributed by atoms with Gasteiger partial charge in [0.25, 0.3) is 0 Å². The van der Waals surface area contributed by atoms with Crippen LogP contribution in [0.4, 0.5) is 4.79 Å². The monoisotopic (exact) mass is 618 g/mol. The normalized spacial score (nSPS) is 35.5. The number of alkyl carbamates (subject to hydrolysis) is 1. The van der Waals surface area contributed by atoms with Crippen molar-refractivity contribution in [1.29, 1.82) is 0 Å². The summed E-state index contributed by atoms with van der Waals surface area (Å²) in [5.74, 6) is -2.89. The highest BCUT2D eigenvalue weighted by atomic mass is 16.9. The third-order valence-electron chi connectivity index (χ3n) is 7.46. The minimum Gasteiger partial charge on any atom is -0.469 e. The largest absolute Gasteiger partial charge is 0.469 e. The maximum atomic E-state index is 13.6. The van der Waals surface area contributed by atoms with Crippen LogP contribution in [-0.4, -0.2) is 118 Å². The maximum absolute atomic E-state index is 13.6. The van der Waals surface area contributed by atoms with Crippen molar-refractivity contribution < 1.29 is 61.8 Å². The highest BCUT2D eigenvalue weighted by Gasteiger charge is 2.59. The first-order valence-electron chi connectivity index (χ1n) is 14.4. The second-order valence-electron chi connectivity index (χ2n) is 13.0. The van der Waals surface area contributed by atoms with Crippen LogP contribution >= 0.6 is 0 Å². The van der Waals surface area contributed by atoms with E-state index >= 15 is 0 Å². The van der Waals surface area contributed by atoms with Gasteiger partial charge < -0.3 is 58.0 Å². The summed E-state index contributed by atoms with van der Waals surface area (Å²) in [6, 6.07) is -1.82. The Kier molecular flexibility index (Phi) is 9.99. The Morgan fingerprint density at radius 1 is 0.744 bits per heavy atom. The smallest absolute Gasteiger partial charge is 0.407 e. The van der Waals surface area contributed by atoms with E-state index in [1.54, 1.807) is 48.5 Å². The maximum Gasteiger partial charge on any atom is 0.407 e. The molecule has 4 fully saturated rings. The highest BCUT2D eigenvalue weighted by molar-refractivity contribution is 5.79. The van der Waals surface area contributed by atoms with Gasteiger partial charge in [-0.25, -0.2) is 4.79 Å². The molecule has 0 spiro atoms. The van der Waals surface area contributed by atoms with Gasteiger partial charge in [0.05, 0.1) is 25.6 Å². The van der Waals surface area contributed by atoms with Crippen molar-refractivity contribution >= 4 is 18.0 Å². The molecule has 2 amide bonds. The molecule has 2 N–H and O–H groups in total. The van der Waals surface area contributed by atoms with Crippen LogP contribution in [-0.2, 0) is 57.0 Å². The third-order valence-corrected chi connectivity index (χ3v) is 7.46. The Hall–Kier alpha value is -2.11. The average molecular weight is 619 g/mol. The zero-order valence-electron chi connectivity index (χ0n) is 26.5. The van der Waals surface area contributed by atoms with Crippen LogP contribution in [0.2, 0.25) is 0 Å². The van der Waals surface area contributed by atoms with Gasteiger partial charge in [-0.05, 0) is 48.5 Å². The van der Waals surface area contributed by atoms with Gasteiger partial charge in [-0.3, -0.25) is 9.59 Å². The van der Waals surface area contributed by atoms with E-state index in [-0.39, 0.29) is 12.8 Å². The van der Waals surface area contributed by atoms with E-state index in [0.717, 1.165) is 0 Å². The van der Waals surface area contributed by atoms with Gasteiger partial charge in [-0.1, -0.05) is 0 Å². The number of hydrogen-bond donors (Lipinski definition) is 2. The Morgan fingerprint density at radius 3 is 1.63 bits per heavy atom. The average Bonchev–Trinajstić information content (AvgIpc) is 3.55. The van der Waals surface area contributed by atoms with Gasteiger partial charge >= 0.3 is 12.1 Å². The summed E-state index contributed by atoms with van der Waals surface area (Å²) >= 11 is 0. The summed E-state index contributed by atoms with van der Waals surface area (Å²) in [4.78, 5) is 38.9. The predicted molar refractivity (Wildman–Crippen MR) is 145 cm³/mol. The fraction of sp³-hybridized carbons (Fsp3) is 0.893. The van der Waals surface area contributed by atoms with E-state index < -0.39 is 96.4 Å². The van der Waals surface area contributed by atoms with Gasteiger partial charge in [0.2, 0.25) is 5.91 Å². The zero-order valence-corrected chi connectivity index (χ0v) is 26.5. The van der Waals surface area contributed by atoms with E-state index in [4.69, 9.17) is 47.4 Å².